The van der Waals surface area contributed by atoms with E-state index in [2.05, 4.69) is 10.3 Å². The number of piperidine rings is 1. The van der Waals surface area contributed by atoms with Crippen LogP contribution in [0, 0.1) is 0 Å². The van der Waals surface area contributed by atoms with Crippen molar-refractivity contribution >= 4 is 29.3 Å². The van der Waals surface area contributed by atoms with E-state index < -0.39 is 0 Å². The largest absolute Gasteiger partial charge is 0.459 e. The molecule has 2 unspecified atom stereocenters. The number of halogens is 1. The van der Waals surface area contributed by atoms with Gasteiger partial charge in [-0.15, -0.1) is 12.4 Å². The topological polar surface area (TPSA) is 63.4 Å². The Morgan fingerprint density at radius 2 is 1.91 bits per heavy atom. The molecule has 118 valence electrons. The van der Waals surface area contributed by atoms with Crippen LogP contribution in [-0.2, 0) is 9.47 Å². The summed E-state index contributed by atoms with van der Waals surface area (Å²) in [6.45, 7) is 1.41. The molecule has 2 saturated heterocycles. The second-order valence-electron chi connectivity index (χ2n) is 5.84. The van der Waals surface area contributed by atoms with Crippen molar-refractivity contribution in [2.24, 2.45) is 0 Å². The van der Waals surface area contributed by atoms with Gasteiger partial charge in [-0.05, 0) is 6.07 Å². The molecule has 4 rings (SSSR count). The molecule has 0 radical (unpaired) electrons. The number of esters is 1. The molecule has 1 aromatic carbocycles. The fourth-order valence-electron chi connectivity index (χ4n) is 3.34. The van der Waals surface area contributed by atoms with Crippen molar-refractivity contribution in [2.45, 2.75) is 31.0 Å². The fraction of sp³-hybridized carbons (Fsp3) is 0.438. The molecule has 0 spiro atoms. The lowest BCUT2D eigenvalue weighted by atomic mass is 9.94. The zero-order valence-corrected chi connectivity index (χ0v) is 12.9. The SMILES string of the molecule is Cl.O=C(OC1CC2COCC(C1)N2)c1c[nH]c2ccccc12. The summed E-state index contributed by atoms with van der Waals surface area (Å²) in [7, 11) is 0. The molecule has 0 amide bonds. The number of carbonyl (C=O) groups excluding carboxylic acids is 1. The Balaban J connectivity index is 0.00000144. The van der Waals surface area contributed by atoms with Gasteiger partial charge in [-0.25, -0.2) is 4.79 Å². The standard InChI is InChI=1S/C16H18N2O3.ClH/c19-16(14-7-17-15-4-2-1-3-13(14)15)21-12-5-10-8-20-9-11(6-12)18-10;/h1-4,7,10-12,17-18H,5-6,8-9H2;1H. The monoisotopic (exact) mass is 322 g/mol. The lowest BCUT2D eigenvalue weighted by molar-refractivity contribution is -0.0339. The minimum absolute atomic E-state index is 0. The van der Waals surface area contributed by atoms with E-state index in [-0.39, 0.29) is 24.5 Å². The van der Waals surface area contributed by atoms with Crippen LogP contribution in [0.2, 0.25) is 0 Å². The number of aromatic nitrogens is 1. The highest BCUT2D eigenvalue weighted by atomic mass is 35.5. The van der Waals surface area contributed by atoms with Crippen LogP contribution in [0.25, 0.3) is 10.9 Å². The molecule has 2 aliphatic heterocycles. The number of para-hydroxylation sites is 1. The van der Waals surface area contributed by atoms with Gasteiger partial charge in [0.2, 0.25) is 0 Å². The summed E-state index contributed by atoms with van der Waals surface area (Å²) in [5.74, 6) is -0.238. The van der Waals surface area contributed by atoms with Gasteiger partial charge in [0, 0.05) is 42.0 Å². The average molecular weight is 323 g/mol. The van der Waals surface area contributed by atoms with Gasteiger partial charge >= 0.3 is 5.97 Å². The third kappa shape index (κ3) is 2.84. The number of ether oxygens (including phenoxy) is 2. The third-order valence-corrected chi connectivity index (χ3v) is 4.29. The number of rotatable bonds is 2. The molecule has 2 fully saturated rings. The van der Waals surface area contributed by atoms with Gasteiger partial charge in [-0.3, -0.25) is 0 Å². The smallest absolute Gasteiger partial charge is 0.340 e. The van der Waals surface area contributed by atoms with Crippen LogP contribution in [0.3, 0.4) is 0 Å². The van der Waals surface area contributed by atoms with Crippen LogP contribution in [0.4, 0.5) is 0 Å². The minimum Gasteiger partial charge on any atom is -0.459 e. The zero-order chi connectivity index (χ0) is 14.2. The van der Waals surface area contributed by atoms with Crippen LogP contribution < -0.4 is 5.32 Å². The van der Waals surface area contributed by atoms with E-state index in [9.17, 15) is 4.79 Å². The Morgan fingerprint density at radius 1 is 1.18 bits per heavy atom. The molecule has 2 atom stereocenters. The first kappa shape index (κ1) is 15.3. The van der Waals surface area contributed by atoms with E-state index in [0.717, 1.165) is 23.7 Å². The van der Waals surface area contributed by atoms with Crippen molar-refractivity contribution in [3.63, 3.8) is 0 Å². The number of carbonyl (C=O) groups is 1. The van der Waals surface area contributed by atoms with Gasteiger partial charge in [0.05, 0.1) is 18.8 Å². The van der Waals surface area contributed by atoms with Crippen LogP contribution in [0.1, 0.15) is 23.2 Å². The highest BCUT2D eigenvalue weighted by Gasteiger charge is 2.34. The number of aromatic amines is 1. The van der Waals surface area contributed by atoms with Crippen molar-refractivity contribution in [1.82, 2.24) is 10.3 Å². The molecule has 6 heteroatoms. The van der Waals surface area contributed by atoms with E-state index in [0.29, 0.717) is 30.9 Å². The number of benzene rings is 1. The first-order valence-corrected chi connectivity index (χ1v) is 7.40. The van der Waals surface area contributed by atoms with Gasteiger partial charge in [0.15, 0.2) is 0 Å². The molecule has 2 bridgehead atoms. The Bertz CT molecular complexity index is 660. The number of hydrogen-bond acceptors (Lipinski definition) is 4. The van der Waals surface area contributed by atoms with Crippen LogP contribution in [0.5, 0.6) is 0 Å². The molecule has 1 aromatic heterocycles. The normalized spacial score (nSPS) is 27.2. The molecule has 0 saturated carbocycles. The maximum absolute atomic E-state index is 12.4. The maximum atomic E-state index is 12.4. The zero-order valence-electron chi connectivity index (χ0n) is 12.1. The first-order chi connectivity index (χ1) is 10.3. The summed E-state index contributed by atoms with van der Waals surface area (Å²) < 4.78 is 11.2. The molecule has 2 N–H and O–H groups in total. The van der Waals surface area contributed by atoms with Crippen molar-refractivity contribution < 1.29 is 14.3 Å². The van der Waals surface area contributed by atoms with Crippen molar-refractivity contribution in [3.05, 3.63) is 36.0 Å². The van der Waals surface area contributed by atoms with E-state index >= 15 is 0 Å². The summed E-state index contributed by atoms with van der Waals surface area (Å²) in [5, 5.41) is 4.41. The Kier molecular flexibility index (Phi) is 4.38. The van der Waals surface area contributed by atoms with Crippen molar-refractivity contribution in [2.75, 3.05) is 13.2 Å². The molecule has 22 heavy (non-hydrogen) atoms. The summed E-state index contributed by atoms with van der Waals surface area (Å²) >= 11 is 0. The van der Waals surface area contributed by atoms with Gasteiger partial charge in [-0.2, -0.15) is 0 Å². The minimum atomic E-state index is -0.238. The van der Waals surface area contributed by atoms with Gasteiger partial charge < -0.3 is 19.8 Å². The summed E-state index contributed by atoms with van der Waals surface area (Å²) in [6, 6.07) is 8.38. The predicted molar refractivity (Wildman–Crippen MR) is 85.5 cm³/mol. The molecule has 3 heterocycles. The van der Waals surface area contributed by atoms with Gasteiger partial charge in [0.25, 0.3) is 0 Å². The summed E-state index contributed by atoms with van der Waals surface area (Å²) in [5.41, 5.74) is 1.57. The molecular formula is C16H19ClN2O3. The van der Waals surface area contributed by atoms with E-state index in [1.54, 1.807) is 6.20 Å². The molecular weight excluding hydrogens is 304 g/mol. The lowest BCUT2D eigenvalue weighted by Crippen LogP contribution is -2.56. The second-order valence-corrected chi connectivity index (χ2v) is 5.84. The third-order valence-electron chi connectivity index (χ3n) is 4.29. The Morgan fingerprint density at radius 3 is 2.68 bits per heavy atom. The highest BCUT2D eigenvalue weighted by Crippen LogP contribution is 2.24. The number of morpholine rings is 1. The van der Waals surface area contributed by atoms with E-state index in [1.165, 1.54) is 0 Å². The maximum Gasteiger partial charge on any atom is 0.340 e. The average Bonchev–Trinajstić information content (AvgIpc) is 2.91. The lowest BCUT2D eigenvalue weighted by Gasteiger charge is -2.39. The van der Waals surface area contributed by atoms with Crippen LogP contribution >= 0.6 is 12.4 Å². The van der Waals surface area contributed by atoms with E-state index in [1.807, 2.05) is 24.3 Å². The second kappa shape index (κ2) is 6.28. The van der Waals surface area contributed by atoms with Crippen molar-refractivity contribution in [3.8, 4) is 0 Å². The number of H-pyrrole nitrogens is 1. The van der Waals surface area contributed by atoms with Gasteiger partial charge in [-0.1, -0.05) is 18.2 Å². The Hall–Kier alpha value is -1.56. The molecule has 5 nitrogen and oxygen atoms in total. The van der Waals surface area contributed by atoms with Gasteiger partial charge in [0.1, 0.15) is 6.10 Å². The van der Waals surface area contributed by atoms with E-state index in [4.69, 9.17) is 9.47 Å². The summed E-state index contributed by atoms with van der Waals surface area (Å²) in [6.07, 6.45) is 3.36. The highest BCUT2D eigenvalue weighted by molar-refractivity contribution is 6.04. The number of hydrogen-bond donors (Lipinski definition) is 2. The van der Waals surface area contributed by atoms with Crippen molar-refractivity contribution in [1.29, 1.82) is 0 Å². The Labute approximate surface area is 134 Å². The quantitative estimate of drug-likeness (QED) is 0.833. The molecule has 2 aliphatic rings. The number of nitrogens with one attached hydrogen (secondary N) is 2. The molecule has 0 aliphatic carbocycles. The van der Waals surface area contributed by atoms with Crippen LogP contribution in [-0.4, -0.2) is 42.4 Å². The first-order valence-electron chi connectivity index (χ1n) is 7.40. The predicted octanol–water partition coefficient (Wildman–Crippen LogP) is 2.27. The molecule has 2 aromatic rings. The fourth-order valence-corrected chi connectivity index (χ4v) is 3.34. The van der Waals surface area contributed by atoms with Crippen LogP contribution in [0.15, 0.2) is 30.5 Å². The summed E-state index contributed by atoms with van der Waals surface area (Å²) in [4.78, 5) is 15.5. The number of fused-ring (bicyclic) bond motifs is 3.